The molecule has 2 rings (SSSR count). The molecule has 0 radical (unpaired) electrons. The summed E-state index contributed by atoms with van der Waals surface area (Å²) in [6, 6.07) is 4.77. The van der Waals surface area contributed by atoms with E-state index in [0.29, 0.717) is 5.69 Å². The van der Waals surface area contributed by atoms with Crippen LogP contribution in [0.15, 0.2) is 24.3 Å². The second-order valence-corrected chi connectivity index (χ2v) is 4.71. The van der Waals surface area contributed by atoms with Gasteiger partial charge in [0.2, 0.25) is 5.91 Å². The van der Waals surface area contributed by atoms with Crippen LogP contribution >= 0.6 is 12.4 Å². The second-order valence-electron chi connectivity index (χ2n) is 4.71. The first kappa shape index (κ1) is 18.5. The van der Waals surface area contributed by atoms with Crippen molar-refractivity contribution in [3.05, 3.63) is 24.3 Å². The van der Waals surface area contributed by atoms with Gasteiger partial charge in [0.25, 0.3) is 12.3 Å². The van der Waals surface area contributed by atoms with E-state index in [0.717, 1.165) is 0 Å². The van der Waals surface area contributed by atoms with Crippen LogP contribution in [0.3, 0.4) is 0 Å². The predicted octanol–water partition coefficient (Wildman–Crippen LogP) is 2.69. The van der Waals surface area contributed by atoms with Crippen molar-refractivity contribution >= 4 is 24.0 Å². The van der Waals surface area contributed by atoms with Gasteiger partial charge in [0.1, 0.15) is 12.4 Å². The molecule has 1 aliphatic rings. The van der Waals surface area contributed by atoms with Crippen LogP contribution in [-0.2, 0) is 4.79 Å². The first-order valence-electron chi connectivity index (χ1n) is 6.29. The molecule has 22 heavy (non-hydrogen) atoms. The lowest BCUT2D eigenvalue weighted by Gasteiger charge is -2.12. The van der Waals surface area contributed by atoms with Crippen LogP contribution in [-0.4, -0.2) is 37.4 Å². The Morgan fingerprint density at radius 2 is 2.00 bits per heavy atom. The maximum absolute atomic E-state index is 13.0. The van der Waals surface area contributed by atoms with E-state index in [1.165, 1.54) is 24.3 Å². The number of hydrogen-bond acceptors (Lipinski definition) is 3. The Labute approximate surface area is 130 Å². The molecule has 1 fully saturated rings. The molecule has 0 aromatic heterocycles. The Bertz CT molecular complexity index is 499. The summed E-state index contributed by atoms with van der Waals surface area (Å²) >= 11 is 0. The zero-order valence-electron chi connectivity index (χ0n) is 11.3. The molecule has 1 aromatic carbocycles. The number of amides is 1. The highest BCUT2D eigenvalue weighted by molar-refractivity contribution is 5.95. The molecule has 124 valence electrons. The standard InChI is InChI=1S/C13H14F4N2O2.ClH/c14-11(15)6-21-9-3-1-8(2-4-9)19-12(20)10-5-13(16,17)7-18-10;/h1-4,10-11,18H,5-7H2,(H,19,20);1H. The highest BCUT2D eigenvalue weighted by atomic mass is 35.5. The van der Waals surface area contributed by atoms with Crippen molar-refractivity contribution in [3.63, 3.8) is 0 Å². The average Bonchev–Trinajstić information content (AvgIpc) is 2.78. The predicted molar refractivity (Wildman–Crippen MR) is 75.2 cm³/mol. The van der Waals surface area contributed by atoms with E-state index < -0.39 is 43.9 Å². The first-order valence-corrected chi connectivity index (χ1v) is 6.29. The summed E-state index contributed by atoms with van der Waals surface area (Å²) in [5.74, 6) is -3.21. The Morgan fingerprint density at radius 1 is 1.36 bits per heavy atom. The van der Waals surface area contributed by atoms with Gasteiger partial charge >= 0.3 is 0 Å². The molecular weight excluding hydrogens is 328 g/mol. The molecule has 1 amide bonds. The number of halogens is 5. The van der Waals surface area contributed by atoms with Crippen LogP contribution in [0.25, 0.3) is 0 Å². The molecule has 4 nitrogen and oxygen atoms in total. The molecule has 1 heterocycles. The molecule has 0 aliphatic carbocycles. The summed E-state index contributed by atoms with van der Waals surface area (Å²) in [4.78, 5) is 11.8. The Hall–Kier alpha value is -1.54. The third-order valence-corrected chi connectivity index (χ3v) is 2.92. The molecule has 0 spiro atoms. The van der Waals surface area contributed by atoms with E-state index in [2.05, 4.69) is 10.6 Å². The average molecular weight is 343 g/mol. The van der Waals surface area contributed by atoms with E-state index in [9.17, 15) is 22.4 Å². The lowest BCUT2D eigenvalue weighted by atomic mass is 10.2. The minimum atomic E-state index is -2.88. The van der Waals surface area contributed by atoms with E-state index >= 15 is 0 Å². The Balaban J connectivity index is 0.00000242. The molecule has 1 unspecified atom stereocenters. The normalized spacial score (nSPS) is 19.6. The van der Waals surface area contributed by atoms with Gasteiger partial charge in [-0.3, -0.25) is 10.1 Å². The zero-order valence-corrected chi connectivity index (χ0v) is 12.1. The smallest absolute Gasteiger partial charge is 0.272 e. The molecule has 0 bridgehead atoms. The number of rotatable bonds is 5. The zero-order chi connectivity index (χ0) is 15.5. The van der Waals surface area contributed by atoms with Crippen molar-refractivity contribution < 1.29 is 27.1 Å². The molecule has 9 heteroatoms. The number of benzene rings is 1. The van der Waals surface area contributed by atoms with Crippen LogP contribution in [0.1, 0.15) is 6.42 Å². The van der Waals surface area contributed by atoms with Crippen LogP contribution in [0.5, 0.6) is 5.75 Å². The summed E-state index contributed by atoms with van der Waals surface area (Å²) in [6.07, 6.45) is -3.12. The molecule has 1 aromatic rings. The maximum Gasteiger partial charge on any atom is 0.272 e. The van der Waals surface area contributed by atoms with Crippen LogP contribution < -0.4 is 15.4 Å². The number of hydrogen-bond donors (Lipinski definition) is 2. The fraction of sp³-hybridized carbons (Fsp3) is 0.462. The van der Waals surface area contributed by atoms with Gasteiger partial charge in [-0.15, -0.1) is 12.4 Å². The number of ether oxygens (including phenoxy) is 1. The van der Waals surface area contributed by atoms with Crippen molar-refractivity contribution in [3.8, 4) is 5.75 Å². The summed E-state index contributed by atoms with van der Waals surface area (Å²) in [6.45, 7) is -1.24. The minimum Gasteiger partial charge on any atom is -0.488 e. The van der Waals surface area contributed by atoms with E-state index in [-0.39, 0.29) is 18.2 Å². The Morgan fingerprint density at radius 3 is 2.50 bits per heavy atom. The topological polar surface area (TPSA) is 50.4 Å². The summed E-state index contributed by atoms with van der Waals surface area (Å²) in [5.41, 5.74) is 0.376. The molecular formula is C13H15ClF4N2O2. The molecule has 1 saturated heterocycles. The van der Waals surface area contributed by atoms with Gasteiger partial charge in [0.15, 0.2) is 0 Å². The van der Waals surface area contributed by atoms with Gasteiger partial charge in [-0.2, -0.15) is 0 Å². The third kappa shape index (κ3) is 5.34. The first-order chi connectivity index (χ1) is 9.85. The van der Waals surface area contributed by atoms with Crippen molar-refractivity contribution in [2.45, 2.75) is 24.8 Å². The maximum atomic E-state index is 13.0. The van der Waals surface area contributed by atoms with Gasteiger partial charge in [-0.05, 0) is 24.3 Å². The van der Waals surface area contributed by atoms with Crippen molar-refractivity contribution in [2.75, 3.05) is 18.5 Å². The van der Waals surface area contributed by atoms with Crippen molar-refractivity contribution in [1.82, 2.24) is 5.32 Å². The number of carbonyl (C=O) groups excluding carboxylic acids is 1. The molecule has 0 saturated carbocycles. The molecule has 1 atom stereocenters. The van der Waals surface area contributed by atoms with Gasteiger partial charge in [-0.25, -0.2) is 17.6 Å². The third-order valence-electron chi connectivity index (χ3n) is 2.92. The van der Waals surface area contributed by atoms with Crippen molar-refractivity contribution in [2.24, 2.45) is 0 Å². The minimum absolute atomic E-state index is 0. The summed E-state index contributed by atoms with van der Waals surface area (Å²) in [7, 11) is 0. The summed E-state index contributed by atoms with van der Waals surface area (Å²) < 4.78 is 54.6. The van der Waals surface area contributed by atoms with Crippen LogP contribution in [0.4, 0.5) is 23.2 Å². The van der Waals surface area contributed by atoms with Crippen LogP contribution in [0, 0.1) is 0 Å². The lowest BCUT2D eigenvalue weighted by Crippen LogP contribution is -2.35. The van der Waals surface area contributed by atoms with Gasteiger partial charge in [-0.1, -0.05) is 0 Å². The monoisotopic (exact) mass is 342 g/mol. The van der Waals surface area contributed by atoms with Crippen LogP contribution in [0.2, 0.25) is 0 Å². The number of carbonyl (C=O) groups is 1. The lowest BCUT2D eigenvalue weighted by molar-refractivity contribution is -0.118. The largest absolute Gasteiger partial charge is 0.488 e. The van der Waals surface area contributed by atoms with Crippen molar-refractivity contribution in [1.29, 1.82) is 0 Å². The van der Waals surface area contributed by atoms with Gasteiger partial charge < -0.3 is 10.1 Å². The quantitative estimate of drug-likeness (QED) is 0.809. The summed E-state index contributed by atoms with van der Waals surface area (Å²) in [5, 5.41) is 4.92. The SMILES string of the molecule is Cl.O=C(Nc1ccc(OCC(F)F)cc1)C1CC(F)(F)CN1. The molecule has 2 N–H and O–H groups in total. The fourth-order valence-electron chi connectivity index (χ4n) is 1.92. The number of anilines is 1. The van der Waals surface area contributed by atoms with Gasteiger partial charge in [0.05, 0.1) is 12.6 Å². The highest BCUT2D eigenvalue weighted by Crippen LogP contribution is 2.26. The number of nitrogens with one attached hydrogen (secondary N) is 2. The van der Waals surface area contributed by atoms with E-state index in [1.807, 2.05) is 0 Å². The fourth-order valence-corrected chi connectivity index (χ4v) is 1.92. The number of alkyl halides is 4. The van der Waals surface area contributed by atoms with E-state index in [4.69, 9.17) is 4.74 Å². The Kier molecular flexibility index (Phi) is 6.43. The van der Waals surface area contributed by atoms with Gasteiger partial charge in [0, 0.05) is 12.1 Å². The van der Waals surface area contributed by atoms with E-state index in [1.54, 1.807) is 0 Å². The molecule has 1 aliphatic heterocycles. The second kappa shape index (κ2) is 7.64. The highest BCUT2D eigenvalue weighted by Gasteiger charge is 2.42.